The van der Waals surface area contributed by atoms with Crippen LogP contribution in [0.2, 0.25) is 5.02 Å². The number of benzene rings is 3. The summed E-state index contributed by atoms with van der Waals surface area (Å²) in [5, 5.41) is 1.46. The summed E-state index contributed by atoms with van der Waals surface area (Å²) in [6.45, 7) is 3.75. The van der Waals surface area contributed by atoms with Crippen LogP contribution in [0.25, 0.3) is 26.6 Å². The zero-order chi connectivity index (χ0) is 31.6. The van der Waals surface area contributed by atoms with Crippen molar-refractivity contribution in [1.82, 2.24) is 0 Å². The van der Waals surface area contributed by atoms with Crippen LogP contribution in [0, 0.1) is 0 Å². The van der Waals surface area contributed by atoms with Crippen LogP contribution in [-0.4, -0.2) is 64.6 Å². The van der Waals surface area contributed by atoms with Crippen molar-refractivity contribution >= 4 is 78.7 Å². The van der Waals surface area contributed by atoms with Crippen molar-refractivity contribution in [3.8, 4) is 5.75 Å². The molecule has 0 saturated heterocycles. The molecule has 3 aromatic carbocycles. The van der Waals surface area contributed by atoms with Crippen molar-refractivity contribution < 1.29 is 40.0 Å². The molecule has 1 aliphatic rings. The molecular formula is C30H32ClN2O8S2Se+. The molecule has 1 unspecified atom stereocenters. The monoisotopic (exact) mass is 727 g/mol. The summed E-state index contributed by atoms with van der Waals surface area (Å²) in [5.74, 6) is 0.653. The Bertz CT molecular complexity index is 1990. The minimum atomic E-state index is -4.29. The molecule has 44 heavy (non-hydrogen) atoms. The Morgan fingerprint density at radius 1 is 1.11 bits per heavy atom. The number of ether oxygens (including phenoxy) is 2. The van der Waals surface area contributed by atoms with Crippen LogP contribution in [0.4, 0.5) is 5.69 Å². The number of hydrogen-bond donors (Lipinski definition) is 2. The van der Waals surface area contributed by atoms with Gasteiger partial charge in [-0.25, -0.2) is 0 Å². The number of halogens is 1. The summed E-state index contributed by atoms with van der Waals surface area (Å²) in [4.78, 5) is 1.78. The second kappa shape index (κ2) is 13.3. The maximum absolute atomic E-state index is 12.0. The Kier molecular flexibility index (Phi) is 9.88. The average Bonchev–Trinajstić information content (AvgIpc) is 3.46. The molecule has 10 nitrogen and oxygen atoms in total. The molecule has 0 amide bonds. The van der Waals surface area contributed by atoms with Crippen molar-refractivity contribution in [2.75, 3.05) is 23.8 Å². The third-order valence-electron chi connectivity index (χ3n) is 7.18. The number of aromatic nitrogens is 1. The second-order valence-corrected chi connectivity index (χ2v) is 16.5. The van der Waals surface area contributed by atoms with Gasteiger partial charge in [-0.05, 0) is 0 Å². The Morgan fingerprint density at radius 2 is 1.84 bits per heavy atom. The third-order valence-corrected chi connectivity index (χ3v) is 11.7. The molecule has 0 spiro atoms. The Labute approximate surface area is 267 Å². The maximum atomic E-state index is 12.0. The van der Waals surface area contributed by atoms with Gasteiger partial charge in [0.1, 0.15) is 0 Å². The first-order chi connectivity index (χ1) is 20.8. The molecule has 0 bridgehead atoms. The van der Waals surface area contributed by atoms with E-state index in [4.69, 9.17) is 25.6 Å². The van der Waals surface area contributed by atoms with E-state index in [1.54, 1.807) is 4.90 Å². The molecule has 0 fully saturated rings. The van der Waals surface area contributed by atoms with Gasteiger partial charge in [0.05, 0.1) is 0 Å². The quantitative estimate of drug-likeness (QED) is 0.0891. The van der Waals surface area contributed by atoms with Gasteiger partial charge in [-0.2, -0.15) is 0 Å². The molecule has 234 valence electrons. The van der Waals surface area contributed by atoms with Crippen LogP contribution < -0.4 is 14.2 Å². The van der Waals surface area contributed by atoms with Crippen molar-refractivity contribution in [1.29, 1.82) is 0 Å². The Hall–Kier alpha value is -2.74. The molecular weight excluding hydrogens is 695 g/mol. The van der Waals surface area contributed by atoms with Crippen molar-refractivity contribution in [3.63, 3.8) is 0 Å². The van der Waals surface area contributed by atoms with Gasteiger partial charge in [-0.3, -0.25) is 0 Å². The number of allylic oxidation sites excluding steroid dienone is 2. The summed E-state index contributed by atoms with van der Waals surface area (Å²) < 4.78 is 81.1. The molecule has 1 atom stereocenters. The predicted octanol–water partition coefficient (Wildman–Crippen LogP) is 5.05. The fourth-order valence-electron chi connectivity index (χ4n) is 4.81. The molecule has 14 heteroatoms. The van der Waals surface area contributed by atoms with Crippen LogP contribution in [0.1, 0.15) is 31.3 Å². The topological polar surface area (TPSA) is 134 Å². The number of fused-ring (bicyclic) bond motifs is 3. The zero-order valence-corrected chi connectivity index (χ0v) is 28.1. The molecule has 0 saturated carbocycles. The summed E-state index contributed by atoms with van der Waals surface area (Å²) in [5.41, 5.74) is 2.52. The SMILES string of the molecule is CCC(/C=C1\Oc2cc3ccccc3cc2N1CC(C)S(=O)(=O)O)=C\c1[se]c2ccc(Cl)cc2[n+]1COCCCS(=O)(=O)O. The fraction of sp³-hybridized carbons (Fsp3) is 0.300. The van der Waals surface area contributed by atoms with E-state index in [2.05, 4.69) is 6.08 Å². The van der Waals surface area contributed by atoms with Crippen molar-refractivity contribution in [2.24, 2.45) is 0 Å². The first kappa shape index (κ1) is 32.6. The number of rotatable bonds is 12. The van der Waals surface area contributed by atoms with E-state index in [1.807, 2.05) is 72.2 Å². The van der Waals surface area contributed by atoms with Gasteiger partial charge in [-0.1, -0.05) is 0 Å². The van der Waals surface area contributed by atoms with Gasteiger partial charge in [0.2, 0.25) is 0 Å². The van der Waals surface area contributed by atoms with Crippen LogP contribution in [0.3, 0.4) is 0 Å². The van der Waals surface area contributed by atoms with Gasteiger partial charge in [0, 0.05) is 0 Å². The van der Waals surface area contributed by atoms with Crippen LogP contribution >= 0.6 is 11.6 Å². The Morgan fingerprint density at radius 3 is 2.52 bits per heavy atom. The van der Waals surface area contributed by atoms with Gasteiger partial charge in [-0.15, -0.1) is 0 Å². The van der Waals surface area contributed by atoms with Crippen LogP contribution in [0.5, 0.6) is 5.75 Å². The normalized spacial score (nSPS) is 15.7. The van der Waals surface area contributed by atoms with Gasteiger partial charge in [0.25, 0.3) is 0 Å². The molecule has 2 heterocycles. The van der Waals surface area contributed by atoms with E-state index in [-0.39, 0.29) is 46.6 Å². The zero-order valence-electron chi connectivity index (χ0n) is 24.0. The molecule has 2 N–H and O–H groups in total. The summed E-state index contributed by atoms with van der Waals surface area (Å²) in [6.07, 6.45) is 4.72. The Balaban J connectivity index is 1.51. The second-order valence-electron chi connectivity index (χ2n) is 10.4. The van der Waals surface area contributed by atoms with Crippen molar-refractivity contribution in [2.45, 2.75) is 38.7 Å². The van der Waals surface area contributed by atoms with E-state index >= 15 is 0 Å². The van der Waals surface area contributed by atoms with Crippen molar-refractivity contribution in [3.05, 3.63) is 81.7 Å². The fourth-order valence-corrected chi connectivity index (χ4v) is 8.12. The summed E-state index contributed by atoms with van der Waals surface area (Å²) >= 11 is 6.23. The van der Waals surface area contributed by atoms with Gasteiger partial charge >= 0.3 is 269 Å². The average molecular weight is 727 g/mol. The van der Waals surface area contributed by atoms with E-state index in [1.165, 1.54) is 6.92 Å². The minimum absolute atomic E-state index is 0.0129. The molecule has 1 aliphatic heterocycles. The molecule has 4 aromatic rings. The van der Waals surface area contributed by atoms with E-state index < -0.39 is 25.5 Å². The summed E-state index contributed by atoms with van der Waals surface area (Å²) in [6, 6.07) is 17.4. The third kappa shape index (κ3) is 7.72. The first-order valence-corrected chi connectivity index (χ1v) is 19.0. The predicted molar refractivity (Wildman–Crippen MR) is 172 cm³/mol. The molecule has 1 aromatic heterocycles. The van der Waals surface area contributed by atoms with Gasteiger partial charge < -0.3 is 0 Å². The van der Waals surface area contributed by atoms with Gasteiger partial charge in [0.15, 0.2) is 0 Å². The van der Waals surface area contributed by atoms with Crippen LogP contribution in [0.15, 0.2) is 72.1 Å². The number of hydrogen-bond acceptors (Lipinski definition) is 7. The number of anilines is 1. The molecule has 0 aliphatic carbocycles. The van der Waals surface area contributed by atoms with Crippen LogP contribution in [-0.2, 0) is 31.7 Å². The first-order valence-electron chi connectivity index (χ1n) is 13.8. The molecule has 0 radical (unpaired) electrons. The molecule has 5 rings (SSSR count). The van der Waals surface area contributed by atoms with E-state index in [9.17, 15) is 21.4 Å². The summed E-state index contributed by atoms with van der Waals surface area (Å²) in [7, 11) is -8.36. The number of nitrogens with zero attached hydrogens (tertiary/aromatic N) is 2. The standard InChI is InChI=1S/C30H31ClN2O8S2Se/c1-3-21(14-30-33(19-40-11-6-12-42(34,35)36)26-17-24(31)9-10-28(26)44-30)13-29-32(18-20(2)43(37,38)39)25-15-22-7-4-5-8-23(22)16-27(25)41-29/h4-5,7-10,13-17,20H,3,6,11-12,18-19H2,1-2H3,(H-,34,35,36,37,38,39)/p+1. The van der Waals surface area contributed by atoms with E-state index in [0.29, 0.717) is 28.8 Å². The van der Waals surface area contributed by atoms with E-state index in [0.717, 1.165) is 30.7 Å².